The van der Waals surface area contributed by atoms with Crippen molar-refractivity contribution in [3.05, 3.63) is 29.8 Å². The minimum Gasteiger partial charge on any atom is -0.295 e. The fourth-order valence-electron chi connectivity index (χ4n) is 1.05. The van der Waals surface area contributed by atoms with E-state index in [-0.39, 0.29) is 12.2 Å². The molecule has 0 spiro atoms. The minimum atomic E-state index is -2.24. The Morgan fingerprint density at radius 1 is 1.33 bits per heavy atom. The number of carbonyl (C=O) groups is 1. The SMILES string of the molecule is CC(=O)c1ccc(SCCC(F)F)cc1. The summed E-state index contributed by atoms with van der Waals surface area (Å²) in [6.45, 7) is 1.50. The molecule has 0 fully saturated rings. The molecule has 1 aromatic carbocycles. The number of rotatable bonds is 5. The van der Waals surface area contributed by atoms with E-state index in [1.807, 2.05) is 0 Å². The molecule has 4 heteroatoms. The van der Waals surface area contributed by atoms with Gasteiger partial charge in [0, 0.05) is 22.6 Å². The van der Waals surface area contributed by atoms with E-state index in [9.17, 15) is 13.6 Å². The van der Waals surface area contributed by atoms with Gasteiger partial charge in [0.2, 0.25) is 6.43 Å². The molecule has 15 heavy (non-hydrogen) atoms. The summed E-state index contributed by atoms with van der Waals surface area (Å²) in [5.74, 6) is 0.413. The van der Waals surface area contributed by atoms with Crippen LogP contribution in [-0.4, -0.2) is 18.0 Å². The van der Waals surface area contributed by atoms with Crippen molar-refractivity contribution in [3.8, 4) is 0 Å². The largest absolute Gasteiger partial charge is 0.295 e. The Balaban J connectivity index is 2.46. The van der Waals surface area contributed by atoms with Gasteiger partial charge in [0.25, 0.3) is 0 Å². The normalized spacial score (nSPS) is 10.7. The predicted molar refractivity (Wildman–Crippen MR) is 57.8 cm³/mol. The summed E-state index contributed by atoms with van der Waals surface area (Å²) >= 11 is 1.38. The lowest BCUT2D eigenvalue weighted by Gasteiger charge is -2.02. The van der Waals surface area contributed by atoms with Crippen LogP contribution in [0.5, 0.6) is 0 Å². The maximum atomic E-state index is 11.8. The zero-order valence-electron chi connectivity index (χ0n) is 8.37. The van der Waals surface area contributed by atoms with Crippen molar-refractivity contribution in [2.24, 2.45) is 0 Å². The van der Waals surface area contributed by atoms with Crippen molar-refractivity contribution in [1.29, 1.82) is 0 Å². The maximum Gasteiger partial charge on any atom is 0.239 e. The van der Waals surface area contributed by atoms with Gasteiger partial charge in [-0.25, -0.2) is 8.78 Å². The number of benzene rings is 1. The van der Waals surface area contributed by atoms with Crippen LogP contribution < -0.4 is 0 Å². The Labute approximate surface area is 91.9 Å². The highest BCUT2D eigenvalue weighted by Crippen LogP contribution is 2.20. The highest BCUT2D eigenvalue weighted by atomic mass is 32.2. The first-order chi connectivity index (χ1) is 7.09. The summed E-state index contributed by atoms with van der Waals surface area (Å²) in [6, 6.07) is 7.00. The molecule has 82 valence electrons. The molecule has 0 bridgehead atoms. The molecule has 0 saturated carbocycles. The molecule has 0 N–H and O–H groups in total. The van der Waals surface area contributed by atoms with Crippen LogP contribution in [0.2, 0.25) is 0 Å². The second kappa shape index (κ2) is 5.85. The van der Waals surface area contributed by atoms with Crippen molar-refractivity contribution in [2.75, 3.05) is 5.75 Å². The van der Waals surface area contributed by atoms with Gasteiger partial charge >= 0.3 is 0 Å². The molecule has 1 aromatic rings. The number of hydrogen-bond donors (Lipinski definition) is 0. The third-order valence-electron chi connectivity index (χ3n) is 1.87. The Bertz CT molecular complexity index is 322. The Kier molecular flexibility index (Phi) is 4.75. The topological polar surface area (TPSA) is 17.1 Å². The number of Topliss-reactive ketones (excluding diaryl/α,β-unsaturated/α-hetero) is 1. The highest BCUT2D eigenvalue weighted by molar-refractivity contribution is 7.99. The van der Waals surface area contributed by atoms with Crippen molar-refractivity contribution in [2.45, 2.75) is 24.7 Å². The van der Waals surface area contributed by atoms with Gasteiger partial charge in [-0.15, -0.1) is 11.8 Å². The summed E-state index contributed by atoms with van der Waals surface area (Å²) in [7, 11) is 0. The van der Waals surface area contributed by atoms with Crippen LogP contribution in [0.15, 0.2) is 29.2 Å². The molecule has 0 aliphatic rings. The zero-order valence-corrected chi connectivity index (χ0v) is 9.19. The molecule has 0 radical (unpaired) electrons. The van der Waals surface area contributed by atoms with Crippen LogP contribution in [0.25, 0.3) is 0 Å². The standard InChI is InChI=1S/C11H12F2OS/c1-8(14)9-2-4-10(5-3-9)15-7-6-11(12)13/h2-5,11H,6-7H2,1H3. The van der Waals surface area contributed by atoms with Gasteiger partial charge in [-0.1, -0.05) is 12.1 Å². The van der Waals surface area contributed by atoms with Gasteiger partial charge in [0.1, 0.15) is 0 Å². The van der Waals surface area contributed by atoms with Crippen molar-refractivity contribution in [3.63, 3.8) is 0 Å². The lowest BCUT2D eigenvalue weighted by molar-refractivity contribution is 0.101. The molecular formula is C11H12F2OS. The maximum absolute atomic E-state index is 11.8. The number of carbonyl (C=O) groups excluding carboxylic acids is 1. The van der Waals surface area contributed by atoms with Crippen LogP contribution in [0.3, 0.4) is 0 Å². The van der Waals surface area contributed by atoms with Crippen molar-refractivity contribution >= 4 is 17.5 Å². The summed E-state index contributed by atoms with van der Waals surface area (Å²) in [6.07, 6.45) is -2.34. The van der Waals surface area contributed by atoms with E-state index in [1.54, 1.807) is 24.3 Å². The Morgan fingerprint density at radius 3 is 2.40 bits per heavy atom. The van der Waals surface area contributed by atoms with Gasteiger partial charge in [0.15, 0.2) is 5.78 Å². The quantitative estimate of drug-likeness (QED) is 0.567. The lowest BCUT2D eigenvalue weighted by Crippen LogP contribution is -1.93. The second-order valence-corrected chi connectivity index (χ2v) is 4.28. The van der Waals surface area contributed by atoms with E-state index < -0.39 is 6.43 Å². The molecule has 1 rings (SSSR count). The monoisotopic (exact) mass is 230 g/mol. The molecule has 0 aliphatic heterocycles. The van der Waals surface area contributed by atoms with Crippen LogP contribution in [-0.2, 0) is 0 Å². The first-order valence-corrected chi connectivity index (χ1v) is 5.60. The van der Waals surface area contributed by atoms with Crippen LogP contribution in [0.4, 0.5) is 8.78 Å². The molecule has 0 saturated heterocycles. The van der Waals surface area contributed by atoms with E-state index in [0.717, 1.165) is 4.90 Å². The van der Waals surface area contributed by atoms with E-state index in [2.05, 4.69) is 0 Å². The summed E-state index contributed by atoms with van der Waals surface area (Å²) < 4.78 is 23.7. The lowest BCUT2D eigenvalue weighted by atomic mass is 10.2. The average Bonchev–Trinajstić information content (AvgIpc) is 2.18. The van der Waals surface area contributed by atoms with Crippen LogP contribution in [0, 0.1) is 0 Å². The Hall–Kier alpha value is -0.900. The third-order valence-corrected chi connectivity index (χ3v) is 2.91. The van der Waals surface area contributed by atoms with Gasteiger partial charge in [-0.3, -0.25) is 4.79 Å². The molecule has 0 unspecified atom stereocenters. The van der Waals surface area contributed by atoms with Crippen LogP contribution >= 0.6 is 11.8 Å². The predicted octanol–water partition coefficient (Wildman–Crippen LogP) is 3.64. The zero-order chi connectivity index (χ0) is 11.3. The smallest absolute Gasteiger partial charge is 0.239 e. The molecule has 0 aromatic heterocycles. The molecule has 0 amide bonds. The number of ketones is 1. The van der Waals surface area contributed by atoms with E-state index in [4.69, 9.17) is 0 Å². The summed E-state index contributed by atoms with van der Waals surface area (Å²) in [4.78, 5) is 11.9. The molecule has 0 heterocycles. The fourth-order valence-corrected chi connectivity index (χ4v) is 1.91. The van der Waals surface area contributed by atoms with Crippen molar-refractivity contribution < 1.29 is 13.6 Å². The van der Waals surface area contributed by atoms with Gasteiger partial charge in [-0.05, 0) is 19.1 Å². The van der Waals surface area contributed by atoms with Gasteiger partial charge < -0.3 is 0 Å². The first-order valence-electron chi connectivity index (χ1n) is 4.61. The van der Waals surface area contributed by atoms with E-state index in [1.165, 1.54) is 18.7 Å². The van der Waals surface area contributed by atoms with Crippen LogP contribution in [0.1, 0.15) is 23.7 Å². The Morgan fingerprint density at radius 2 is 1.93 bits per heavy atom. The fraction of sp³-hybridized carbons (Fsp3) is 0.364. The first kappa shape index (κ1) is 12.2. The van der Waals surface area contributed by atoms with E-state index >= 15 is 0 Å². The van der Waals surface area contributed by atoms with Crippen molar-refractivity contribution in [1.82, 2.24) is 0 Å². The average molecular weight is 230 g/mol. The third kappa shape index (κ3) is 4.42. The molecule has 0 aliphatic carbocycles. The molecule has 0 atom stereocenters. The molecular weight excluding hydrogens is 218 g/mol. The number of alkyl halides is 2. The van der Waals surface area contributed by atoms with Gasteiger partial charge in [0.05, 0.1) is 0 Å². The van der Waals surface area contributed by atoms with Gasteiger partial charge in [-0.2, -0.15) is 0 Å². The number of hydrogen-bond acceptors (Lipinski definition) is 2. The number of thioether (sulfide) groups is 1. The second-order valence-electron chi connectivity index (χ2n) is 3.11. The highest BCUT2D eigenvalue weighted by Gasteiger charge is 2.03. The molecule has 1 nitrogen and oxygen atoms in total. The summed E-state index contributed by atoms with van der Waals surface area (Å²) in [5.41, 5.74) is 0.646. The van der Waals surface area contributed by atoms with E-state index in [0.29, 0.717) is 11.3 Å². The number of halogens is 2. The minimum absolute atomic E-state index is 0.0131. The summed E-state index contributed by atoms with van der Waals surface area (Å²) in [5, 5.41) is 0.